The highest BCUT2D eigenvalue weighted by Gasteiger charge is 2.21. The Morgan fingerprint density at radius 2 is 2.35 bits per heavy atom. The second-order valence-electron chi connectivity index (χ2n) is 3.80. The number of hydrogen-bond donors (Lipinski definition) is 1. The molecule has 84 valence electrons. The van der Waals surface area contributed by atoms with E-state index in [1.54, 1.807) is 24.4 Å². The van der Waals surface area contributed by atoms with Crippen LogP contribution in [0, 0.1) is 10.1 Å². The highest BCUT2D eigenvalue weighted by molar-refractivity contribution is 5.99. The molecule has 0 bridgehead atoms. The summed E-state index contributed by atoms with van der Waals surface area (Å²) >= 11 is 0. The molecule has 0 saturated heterocycles. The van der Waals surface area contributed by atoms with Crippen LogP contribution in [0.5, 0.6) is 0 Å². The van der Waals surface area contributed by atoms with Gasteiger partial charge in [-0.3, -0.25) is 15.1 Å². The molecule has 1 aromatic carbocycles. The van der Waals surface area contributed by atoms with Crippen molar-refractivity contribution < 1.29 is 4.92 Å². The van der Waals surface area contributed by atoms with Crippen LogP contribution in [0.1, 0.15) is 5.56 Å². The summed E-state index contributed by atoms with van der Waals surface area (Å²) in [5.74, 6) is 0. The van der Waals surface area contributed by atoms with E-state index in [0.29, 0.717) is 12.1 Å². The molecule has 0 saturated carbocycles. The van der Waals surface area contributed by atoms with Crippen molar-refractivity contribution in [1.82, 2.24) is 4.98 Å². The smallest absolute Gasteiger partial charge is 0.279 e. The number of hydrogen-bond acceptors (Lipinski definition) is 4. The number of aromatic nitrogens is 1. The lowest BCUT2D eigenvalue weighted by Crippen LogP contribution is -2.07. The Hall–Kier alpha value is -2.43. The van der Waals surface area contributed by atoms with Crippen LogP contribution in [-0.4, -0.2) is 16.5 Å². The number of rotatable bonds is 1. The summed E-state index contributed by atoms with van der Waals surface area (Å²) in [5, 5.41) is 15.0. The van der Waals surface area contributed by atoms with Crippen molar-refractivity contribution in [2.24, 2.45) is 0 Å². The van der Waals surface area contributed by atoms with Crippen LogP contribution in [0.15, 0.2) is 30.5 Å². The molecular formula is C12H9N3O2. The normalized spacial score (nSPS) is 13.2. The van der Waals surface area contributed by atoms with Crippen LogP contribution in [0.25, 0.3) is 17.0 Å². The number of nitrogens with zero attached hydrogens (tertiary/aromatic N) is 2. The van der Waals surface area contributed by atoms with E-state index in [4.69, 9.17) is 0 Å². The van der Waals surface area contributed by atoms with Crippen LogP contribution >= 0.6 is 0 Å². The van der Waals surface area contributed by atoms with Gasteiger partial charge in [-0.15, -0.1) is 0 Å². The van der Waals surface area contributed by atoms with Crippen LogP contribution < -0.4 is 5.32 Å². The fraction of sp³-hybridized carbons (Fsp3) is 0.0833. The molecule has 3 rings (SSSR count). The molecule has 1 aromatic heterocycles. The topological polar surface area (TPSA) is 68.1 Å². The third-order valence-corrected chi connectivity index (χ3v) is 2.79. The monoisotopic (exact) mass is 227 g/mol. The quantitative estimate of drug-likeness (QED) is 0.600. The lowest BCUT2D eigenvalue weighted by atomic mass is 10.0. The minimum absolute atomic E-state index is 0.115. The second-order valence-corrected chi connectivity index (χ2v) is 3.80. The molecule has 0 spiro atoms. The molecule has 1 N–H and O–H groups in total. The lowest BCUT2D eigenvalue weighted by molar-refractivity contribution is -0.384. The molecule has 2 heterocycles. The van der Waals surface area contributed by atoms with Gasteiger partial charge in [0.05, 0.1) is 21.7 Å². The highest BCUT2D eigenvalue weighted by Crippen LogP contribution is 2.36. The van der Waals surface area contributed by atoms with Gasteiger partial charge in [-0.05, 0) is 12.1 Å². The van der Waals surface area contributed by atoms with E-state index < -0.39 is 0 Å². The predicted molar refractivity (Wildman–Crippen MR) is 65.9 cm³/mol. The minimum atomic E-state index is -0.359. The van der Waals surface area contributed by atoms with Crippen LogP contribution in [-0.2, 0) is 0 Å². The summed E-state index contributed by atoms with van der Waals surface area (Å²) < 4.78 is 0. The number of nitro benzene ring substituents is 1. The molecule has 17 heavy (non-hydrogen) atoms. The molecule has 0 fully saturated rings. The van der Waals surface area contributed by atoms with E-state index in [-0.39, 0.29) is 10.6 Å². The summed E-state index contributed by atoms with van der Waals surface area (Å²) in [4.78, 5) is 15.0. The maximum Gasteiger partial charge on any atom is 0.279 e. The zero-order valence-corrected chi connectivity index (χ0v) is 8.88. The zero-order chi connectivity index (χ0) is 11.8. The standard InChI is InChI=1S/C12H9N3O2/c16-15(17)10-7-8-3-1-5-13-11(8)12-9(10)4-2-6-14-12/h1-5,7,14H,6H2. The molecule has 0 amide bonds. The molecule has 5 nitrogen and oxygen atoms in total. The average Bonchev–Trinajstić information content (AvgIpc) is 2.37. The van der Waals surface area contributed by atoms with Crippen molar-refractivity contribution in [2.45, 2.75) is 0 Å². The van der Waals surface area contributed by atoms with Crippen LogP contribution in [0.4, 0.5) is 11.4 Å². The van der Waals surface area contributed by atoms with Crippen LogP contribution in [0.3, 0.4) is 0 Å². The third kappa shape index (κ3) is 1.44. The van der Waals surface area contributed by atoms with Gasteiger partial charge in [-0.1, -0.05) is 12.1 Å². The molecule has 1 aliphatic rings. The third-order valence-electron chi connectivity index (χ3n) is 2.79. The largest absolute Gasteiger partial charge is 0.379 e. The lowest BCUT2D eigenvalue weighted by Gasteiger charge is -2.15. The molecule has 1 aliphatic heterocycles. The van der Waals surface area contributed by atoms with E-state index in [1.165, 1.54) is 0 Å². The molecule has 2 aromatic rings. The van der Waals surface area contributed by atoms with Crippen molar-refractivity contribution in [2.75, 3.05) is 11.9 Å². The molecule has 0 aliphatic carbocycles. The van der Waals surface area contributed by atoms with Crippen molar-refractivity contribution in [3.05, 3.63) is 46.1 Å². The first-order chi connectivity index (χ1) is 8.27. The van der Waals surface area contributed by atoms with Gasteiger partial charge in [0.2, 0.25) is 0 Å². The van der Waals surface area contributed by atoms with Crippen molar-refractivity contribution in [1.29, 1.82) is 0 Å². The first-order valence-electron chi connectivity index (χ1n) is 5.24. The maximum absolute atomic E-state index is 11.0. The van der Waals surface area contributed by atoms with Crippen molar-refractivity contribution in [3.8, 4) is 0 Å². The predicted octanol–water partition coefficient (Wildman–Crippen LogP) is 2.58. The number of nitrogens with one attached hydrogen (secondary N) is 1. The fourth-order valence-electron chi connectivity index (χ4n) is 2.06. The highest BCUT2D eigenvalue weighted by atomic mass is 16.6. The number of fused-ring (bicyclic) bond motifs is 3. The first kappa shape index (κ1) is 9.77. The molecule has 0 unspecified atom stereocenters. The molecule has 0 radical (unpaired) electrons. The Balaban J connectivity index is 2.44. The van der Waals surface area contributed by atoms with Gasteiger partial charge in [-0.25, -0.2) is 0 Å². The Kier molecular flexibility index (Phi) is 2.04. The zero-order valence-electron chi connectivity index (χ0n) is 8.88. The fourth-order valence-corrected chi connectivity index (χ4v) is 2.06. The first-order valence-corrected chi connectivity index (χ1v) is 5.24. The van der Waals surface area contributed by atoms with Gasteiger partial charge >= 0.3 is 0 Å². The number of nitro groups is 1. The summed E-state index contributed by atoms with van der Waals surface area (Å²) in [6.45, 7) is 0.667. The van der Waals surface area contributed by atoms with Crippen molar-refractivity contribution in [3.63, 3.8) is 0 Å². The summed E-state index contributed by atoms with van der Waals surface area (Å²) in [5.41, 5.74) is 2.24. The number of anilines is 1. The van der Waals surface area contributed by atoms with Gasteiger partial charge in [0, 0.05) is 24.2 Å². The van der Waals surface area contributed by atoms with Gasteiger partial charge in [0.25, 0.3) is 5.69 Å². The van der Waals surface area contributed by atoms with E-state index in [2.05, 4.69) is 10.3 Å². The van der Waals surface area contributed by atoms with E-state index in [1.807, 2.05) is 12.1 Å². The second kappa shape index (κ2) is 3.55. The van der Waals surface area contributed by atoms with E-state index in [9.17, 15) is 10.1 Å². The number of benzene rings is 1. The van der Waals surface area contributed by atoms with Gasteiger partial charge in [0.1, 0.15) is 0 Å². The average molecular weight is 227 g/mol. The minimum Gasteiger partial charge on any atom is -0.379 e. The summed E-state index contributed by atoms with van der Waals surface area (Å²) in [7, 11) is 0. The molecular weight excluding hydrogens is 218 g/mol. The summed E-state index contributed by atoms with van der Waals surface area (Å²) in [6.07, 6.45) is 5.33. The van der Waals surface area contributed by atoms with Gasteiger partial charge < -0.3 is 5.32 Å². The van der Waals surface area contributed by atoms with E-state index in [0.717, 1.165) is 16.6 Å². The van der Waals surface area contributed by atoms with Crippen LogP contribution in [0.2, 0.25) is 0 Å². The Morgan fingerprint density at radius 3 is 3.18 bits per heavy atom. The Bertz CT molecular complexity index is 649. The van der Waals surface area contributed by atoms with E-state index >= 15 is 0 Å². The Morgan fingerprint density at radius 1 is 1.47 bits per heavy atom. The molecule has 0 atom stereocenters. The van der Waals surface area contributed by atoms with Gasteiger partial charge in [0.15, 0.2) is 0 Å². The van der Waals surface area contributed by atoms with Gasteiger partial charge in [-0.2, -0.15) is 0 Å². The van der Waals surface area contributed by atoms with Crippen molar-refractivity contribution >= 4 is 28.4 Å². The maximum atomic E-state index is 11.0. The SMILES string of the molecule is O=[N+]([O-])c1cc2cccnc2c2c1C=CCN2. The number of pyridine rings is 1. The molecule has 5 heteroatoms. The Labute approximate surface area is 96.9 Å². The summed E-state index contributed by atoms with van der Waals surface area (Å²) in [6, 6.07) is 5.17.